The van der Waals surface area contributed by atoms with Gasteiger partial charge in [0.2, 0.25) is 0 Å². The standard InChI is InChI=1S/C75H75Si.3ClH.Ti/c1-51-41-66(44-60-29-17-11-18-30-60)72(56(6)69(51)47-63-35-23-14-24-36-63)76(75(10)50-54(4)55(5)59(75)9,73-57(7)70(48-64-37-25-15-26-38-64)52(2)42-67(73)45-61-31-19-12-20-32-61)74-58(8)71(49-65-39-27-16-28-40-65)53(3)43-68(74)46-62-33-21-13-22-34-62;;;;/h11-43H,44-49H2,1-10H3;3*1H;/q;;;;+3/p-3. The van der Waals surface area contributed by atoms with Crippen LogP contribution in [0.2, 0.25) is 5.04 Å². The van der Waals surface area contributed by atoms with Crippen LogP contribution in [0, 0.1) is 41.5 Å². The predicted molar refractivity (Wildman–Crippen MR) is 327 cm³/mol. The van der Waals surface area contributed by atoms with Gasteiger partial charge < -0.3 is 37.2 Å². The van der Waals surface area contributed by atoms with E-state index in [9.17, 15) is 0 Å². The third-order valence-corrected chi connectivity index (χ3v) is 26.3. The molecule has 0 saturated heterocycles. The molecule has 0 N–H and O–H groups in total. The summed E-state index contributed by atoms with van der Waals surface area (Å²) >= 11 is 2.54. The van der Waals surface area contributed by atoms with Crippen molar-refractivity contribution in [2.24, 2.45) is 0 Å². The van der Waals surface area contributed by atoms with Gasteiger partial charge in [-0.2, -0.15) is 0 Å². The largest absolute Gasteiger partial charge is 1.00 e. The first-order valence-corrected chi connectivity index (χ1v) is 30.7. The molecule has 0 aromatic heterocycles. The van der Waals surface area contributed by atoms with Crippen molar-refractivity contribution in [3.8, 4) is 0 Å². The molecule has 0 heterocycles. The van der Waals surface area contributed by atoms with Gasteiger partial charge in [-0.1, -0.05) is 0 Å². The Hall–Kier alpha value is -5.74. The van der Waals surface area contributed by atoms with Crippen LogP contribution in [0.3, 0.4) is 0 Å². The average molecular weight is 1160 g/mol. The van der Waals surface area contributed by atoms with E-state index in [4.69, 9.17) is 0 Å². The number of allylic oxidation sites excluding steroid dienone is 4. The Morgan fingerprint density at radius 3 is 0.762 bits per heavy atom. The van der Waals surface area contributed by atoms with Crippen LogP contribution in [0.25, 0.3) is 0 Å². The molecule has 5 heteroatoms. The number of hydrogen-bond acceptors (Lipinski definition) is 0. The average Bonchev–Trinajstić information content (AvgIpc) is 3.58. The summed E-state index contributed by atoms with van der Waals surface area (Å²) in [5, 5.41) is 4.38. The zero-order chi connectivity index (χ0) is 54.0. The SMILES string of the molecule is CC1=C(C)C(C)([Si](c2c(Cc3ccccc3)cc(C)c(Cc3ccccc3)c2C)(c2c(Cc3ccccc3)cc(C)c(Cc3ccccc3)c2C)c2c(Cc3ccccc3)cc(C)c(Cc3ccccc3)c2C)[C]([Ti+3])=C1C.[Cl-].[Cl-].[Cl-]. The number of rotatable bonds is 16. The third-order valence-electron chi connectivity index (χ3n) is 18.1. The van der Waals surface area contributed by atoms with Crippen LogP contribution >= 0.6 is 0 Å². The van der Waals surface area contributed by atoms with E-state index in [-0.39, 0.29) is 37.2 Å². The van der Waals surface area contributed by atoms with E-state index < -0.39 is 13.1 Å². The van der Waals surface area contributed by atoms with Crippen molar-refractivity contribution in [1.82, 2.24) is 0 Å². The molecule has 0 aliphatic heterocycles. The molecule has 10 rings (SSSR count). The maximum atomic E-state index is 2.75. The maximum Gasteiger partial charge on any atom is -1.00 e. The van der Waals surface area contributed by atoms with Gasteiger partial charge in [-0.3, -0.25) is 0 Å². The number of benzene rings is 9. The van der Waals surface area contributed by atoms with Crippen molar-refractivity contribution >= 4 is 23.6 Å². The van der Waals surface area contributed by atoms with Gasteiger partial charge in [-0.25, -0.2) is 0 Å². The van der Waals surface area contributed by atoms with Gasteiger partial charge in [-0.05, 0) is 0 Å². The van der Waals surface area contributed by atoms with Crippen LogP contribution in [0.5, 0.6) is 0 Å². The molecule has 1 atom stereocenters. The van der Waals surface area contributed by atoms with Gasteiger partial charge in [0.25, 0.3) is 0 Å². The third kappa shape index (κ3) is 11.7. The predicted octanol–water partition coefficient (Wildman–Crippen LogP) is 7.50. The summed E-state index contributed by atoms with van der Waals surface area (Å²) < 4.78 is 1.51. The van der Waals surface area contributed by atoms with Crippen LogP contribution in [0.1, 0.15) is 128 Å². The topological polar surface area (TPSA) is 0 Å². The second-order valence-electron chi connectivity index (χ2n) is 22.6. The second kappa shape index (κ2) is 26.5. The first kappa shape index (κ1) is 61.9. The molecule has 1 aliphatic carbocycles. The summed E-state index contributed by atoms with van der Waals surface area (Å²) in [5.74, 6) is 0. The number of halogens is 3. The minimum absolute atomic E-state index is 0. The maximum absolute atomic E-state index is 3.68. The van der Waals surface area contributed by atoms with Gasteiger partial charge in [-0.15, -0.1) is 0 Å². The van der Waals surface area contributed by atoms with Gasteiger partial charge in [0, 0.05) is 0 Å². The van der Waals surface area contributed by atoms with E-state index in [2.05, 4.69) is 290 Å². The Kier molecular flexibility index (Phi) is 20.5. The fourth-order valence-corrected chi connectivity index (χ4v) is 23.1. The number of aryl methyl sites for hydroxylation is 3. The molecule has 0 radical (unpaired) electrons. The molecule has 0 spiro atoms. The second-order valence-corrected chi connectivity index (χ2v) is 27.4. The molecule has 9 aromatic carbocycles. The van der Waals surface area contributed by atoms with E-state index in [1.807, 2.05) is 0 Å². The van der Waals surface area contributed by atoms with Gasteiger partial charge in [0.15, 0.2) is 0 Å². The molecule has 1 unspecified atom stereocenters. The summed E-state index contributed by atoms with van der Waals surface area (Å²) in [7, 11) is -3.68. The molecular weight excluding hydrogens is 1080 g/mol. The van der Waals surface area contributed by atoms with E-state index in [1.54, 1.807) is 15.6 Å². The molecule has 9 aromatic rings. The minimum Gasteiger partial charge on any atom is -1.00 e. The molecule has 0 bridgehead atoms. The Bertz CT molecular complexity index is 3300. The van der Waals surface area contributed by atoms with E-state index in [0.29, 0.717) is 0 Å². The van der Waals surface area contributed by atoms with Gasteiger partial charge in [0.05, 0.1) is 0 Å². The molecule has 80 heavy (non-hydrogen) atoms. The molecule has 0 amide bonds. The molecule has 0 nitrogen and oxygen atoms in total. The Balaban J connectivity index is 0.00000308. The molecule has 404 valence electrons. The van der Waals surface area contributed by atoms with Crippen molar-refractivity contribution in [2.45, 2.75) is 113 Å². The number of hydrogen-bond donors (Lipinski definition) is 0. The fraction of sp³-hybridized carbons (Fsp3) is 0.227. The van der Waals surface area contributed by atoms with Crippen LogP contribution in [0.4, 0.5) is 0 Å². The summed E-state index contributed by atoms with van der Waals surface area (Å²) in [4.78, 5) is 0. The van der Waals surface area contributed by atoms with Crippen molar-refractivity contribution in [3.05, 3.63) is 321 Å². The molecule has 0 fully saturated rings. The summed E-state index contributed by atoms with van der Waals surface area (Å²) in [6, 6.07) is 76.0. The van der Waals surface area contributed by atoms with Crippen molar-refractivity contribution < 1.29 is 57.7 Å². The van der Waals surface area contributed by atoms with Crippen LogP contribution in [0.15, 0.2) is 221 Å². The van der Waals surface area contributed by atoms with Crippen LogP contribution in [-0.4, -0.2) is 8.07 Å². The van der Waals surface area contributed by atoms with E-state index in [0.717, 1.165) is 38.5 Å². The van der Waals surface area contributed by atoms with Crippen LogP contribution < -0.4 is 52.8 Å². The molecule has 0 saturated carbocycles. The minimum atomic E-state index is -3.68. The first-order valence-electron chi connectivity index (χ1n) is 27.9. The Morgan fingerprint density at radius 2 is 0.550 bits per heavy atom. The molecule has 1 aliphatic rings. The quantitative estimate of drug-likeness (QED) is 0.0696. The van der Waals surface area contributed by atoms with Crippen LogP contribution in [-0.2, 0) is 59.0 Å². The fourth-order valence-electron chi connectivity index (χ4n) is 14.0. The summed E-state index contributed by atoms with van der Waals surface area (Å²) in [6.07, 6.45) is 5.11. The Labute approximate surface area is 511 Å². The zero-order valence-corrected chi connectivity index (χ0v) is 53.3. The monoisotopic (exact) mass is 1160 g/mol. The summed E-state index contributed by atoms with van der Waals surface area (Å²) in [5.41, 5.74) is 29.7. The van der Waals surface area contributed by atoms with E-state index in [1.165, 1.54) is 121 Å². The Morgan fingerprint density at radius 1 is 0.325 bits per heavy atom. The van der Waals surface area contributed by atoms with Crippen molar-refractivity contribution in [1.29, 1.82) is 0 Å². The van der Waals surface area contributed by atoms with E-state index >= 15 is 0 Å². The van der Waals surface area contributed by atoms with Gasteiger partial charge in [0.1, 0.15) is 0 Å². The normalized spacial score (nSPS) is 14.2. The molecular formula is C75H75Cl3SiTi. The van der Waals surface area contributed by atoms with Gasteiger partial charge >= 0.3 is 478 Å². The zero-order valence-electron chi connectivity index (χ0n) is 48.4. The van der Waals surface area contributed by atoms with Crippen molar-refractivity contribution in [2.75, 3.05) is 0 Å². The smallest absolute Gasteiger partial charge is 1.00 e. The van der Waals surface area contributed by atoms with Crippen molar-refractivity contribution in [3.63, 3.8) is 0 Å². The first-order chi connectivity index (χ1) is 37.2. The summed E-state index contributed by atoms with van der Waals surface area (Å²) in [6.45, 7) is 25.1.